The number of rotatable bonds is 5. The number of carbonyl (C=O) groups excluding carboxylic acids is 3. The first-order valence-electron chi connectivity index (χ1n) is 9.39. The first kappa shape index (κ1) is 21.8. The maximum Gasteiger partial charge on any atom is 0.343 e. The van der Waals surface area contributed by atoms with Crippen molar-refractivity contribution in [3.63, 3.8) is 0 Å². The predicted molar refractivity (Wildman–Crippen MR) is 101 cm³/mol. The topological polar surface area (TPSA) is 129 Å². The van der Waals surface area contributed by atoms with Crippen LogP contribution in [0, 0.1) is 0 Å². The van der Waals surface area contributed by atoms with Crippen LogP contribution in [-0.4, -0.2) is 58.6 Å². The van der Waals surface area contributed by atoms with E-state index in [1.807, 2.05) is 0 Å². The van der Waals surface area contributed by atoms with Crippen LogP contribution >= 0.6 is 0 Å². The fraction of sp³-hybridized carbons (Fsp3) is 0.476. The van der Waals surface area contributed by atoms with Gasteiger partial charge in [0.05, 0.1) is 17.8 Å². The molecule has 3 aliphatic heterocycles. The quantitative estimate of drug-likeness (QED) is 0.380. The maximum atomic E-state index is 12.5. The Labute approximate surface area is 173 Å². The van der Waals surface area contributed by atoms with E-state index < -0.39 is 48.4 Å². The summed E-state index contributed by atoms with van der Waals surface area (Å²) in [6.07, 6.45) is 2.40. The molecule has 9 nitrogen and oxygen atoms in total. The van der Waals surface area contributed by atoms with Gasteiger partial charge in [0.1, 0.15) is 35.4 Å². The van der Waals surface area contributed by atoms with E-state index in [1.165, 1.54) is 13.8 Å². The first-order valence-corrected chi connectivity index (χ1v) is 9.39. The van der Waals surface area contributed by atoms with Crippen molar-refractivity contribution in [1.29, 1.82) is 0 Å². The Hall–Kier alpha value is -2.91. The molecular formula is C21H24O9. The number of carbonyl (C=O) groups is 3. The van der Waals surface area contributed by atoms with E-state index in [0.29, 0.717) is 12.2 Å². The van der Waals surface area contributed by atoms with Crippen LogP contribution in [0.2, 0.25) is 0 Å². The number of aliphatic hydroxyl groups is 2. The van der Waals surface area contributed by atoms with Crippen LogP contribution in [0.4, 0.5) is 0 Å². The molecule has 162 valence electrons. The van der Waals surface area contributed by atoms with Gasteiger partial charge in [-0.1, -0.05) is 6.58 Å². The van der Waals surface area contributed by atoms with E-state index in [0.717, 1.165) is 0 Å². The molecule has 3 rings (SSSR count). The Morgan fingerprint density at radius 3 is 2.70 bits per heavy atom. The first-order chi connectivity index (χ1) is 14.0. The third kappa shape index (κ3) is 4.17. The smallest absolute Gasteiger partial charge is 0.343 e. The summed E-state index contributed by atoms with van der Waals surface area (Å²) < 4.78 is 21.8. The highest BCUT2D eigenvalue weighted by molar-refractivity contribution is 5.96. The Balaban J connectivity index is 2.13. The summed E-state index contributed by atoms with van der Waals surface area (Å²) >= 11 is 0. The van der Waals surface area contributed by atoms with Gasteiger partial charge in [-0.05, 0) is 19.9 Å². The predicted octanol–water partition coefficient (Wildman–Crippen LogP) is 0.965. The fourth-order valence-electron chi connectivity index (χ4n) is 3.51. The van der Waals surface area contributed by atoms with Crippen LogP contribution in [-0.2, 0) is 33.3 Å². The molecule has 9 heteroatoms. The zero-order chi connectivity index (χ0) is 22.3. The number of hydrogen-bond acceptors (Lipinski definition) is 9. The maximum absolute atomic E-state index is 12.5. The van der Waals surface area contributed by atoms with Crippen molar-refractivity contribution in [3.8, 4) is 0 Å². The van der Waals surface area contributed by atoms with E-state index >= 15 is 0 Å². The molecule has 3 atom stereocenters. The molecule has 3 heterocycles. The van der Waals surface area contributed by atoms with Crippen molar-refractivity contribution >= 4 is 17.9 Å². The second-order valence-electron chi connectivity index (χ2n) is 7.89. The average molecular weight is 420 g/mol. The molecule has 0 radical (unpaired) electrons. The van der Waals surface area contributed by atoms with Gasteiger partial charge in [-0.15, -0.1) is 0 Å². The molecule has 0 aliphatic carbocycles. The average Bonchev–Trinajstić information content (AvgIpc) is 3.18. The van der Waals surface area contributed by atoms with Crippen LogP contribution < -0.4 is 0 Å². The Kier molecular flexibility index (Phi) is 5.62. The third-order valence-electron chi connectivity index (χ3n) is 5.10. The number of ether oxygens (including phenoxy) is 4. The molecule has 2 bridgehead atoms. The number of aliphatic hydroxyl groups excluding tert-OH is 1. The molecule has 30 heavy (non-hydrogen) atoms. The second kappa shape index (κ2) is 7.73. The number of hydrogen-bond donors (Lipinski definition) is 2. The molecule has 0 saturated heterocycles. The van der Waals surface area contributed by atoms with Crippen LogP contribution in [0.15, 0.2) is 47.0 Å². The summed E-state index contributed by atoms with van der Waals surface area (Å²) in [4.78, 5) is 36.2. The molecular weight excluding hydrogens is 396 g/mol. The summed E-state index contributed by atoms with van der Waals surface area (Å²) in [5, 5.41) is 20.3. The van der Waals surface area contributed by atoms with Gasteiger partial charge >= 0.3 is 17.9 Å². The summed E-state index contributed by atoms with van der Waals surface area (Å²) in [6.45, 7) is 6.89. The van der Waals surface area contributed by atoms with E-state index in [9.17, 15) is 24.6 Å². The molecule has 0 unspecified atom stereocenters. The van der Waals surface area contributed by atoms with Gasteiger partial charge in [-0.2, -0.15) is 0 Å². The number of esters is 3. The number of fused-ring (bicyclic) bond motifs is 3. The lowest BCUT2D eigenvalue weighted by atomic mass is 9.88. The summed E-state index contributed by atoms with van der Waals surface area (Å²) in [7, 11) is 0. The summed E-state index contributed by atoms with van der Waals surface area (Å²) in [6, 6.07) is 0. The van der Waals surface area contributed by atoms with Gasteiger partial charge in [-0.3, -0.25) is 4.79 Å². The lowest BCUT2D eigenvalue weighted by Gasteiger charge is -2.30. The van der Waals surface area contributed by atoms with E-state index in [1.54, 1.807) is 19.1 Å². The minimum absolute atomic E-state index is 0.00462. The molecule has 0 aromatic rings. The third-order valence-corrected chi connectivity index (χ3v) is 5.10. The molecule has 0 aromatic carbocycles. The zero-order valence-electron chi connectivity index (χ0n) is 17.0. The zero-order valence-corrected chi connectivity index (χ0v) is 17.0. The molecule has 0 fully saturated rings. The Bertz CT molecular complexity index is 905. The van der Waals surface area contributed by atoms with Gasteiger partial charge in [0.15, 0.2) is 0 Å². The fourth-order valence-corrected chi connectivity index (χ4v) is 3.51. The standard InChI is InChI=1S/C21H24O9/c1-11(9-22)18(24)28-15-8-21(4,26)16-5-6-20(3,30-16)7-14-17(15)13(19(25)29-14)10-27-12(2)23/h5,7,15,22,26H,1,6,8-10H2,2-4H3/b14-7+/t15-,20+,21+/m0/s1. The van der Waals surface area contributed by atoms with Crippen LogP contribution in [0.3, 0.4) is 0 Å². The Morgan fingerprint density at radius 2 is 2.07 bits per heavy atom. The lowest BCUT2D eigenvalue weighted by Crippen LogP contribution is -2.36. The summed E-state index contributed by atoms with van der Waals surface area (Å²) in [5.41, 5.74) is -2.47. The van der Waals surface area contributed by atoms with Gasteiger partial charge in [0.25, 0.3) is 0 Å². The van der Waals surface area contributed by atoms with E-state index in [-0.39, 0.29) is 28.9 Å². The minimum atomic E-state index is -1.54. The Morgan fingerprint density at radius 1 is 1.37 bits per heavy atom. The van der Waals surface area contributed by atoms with Gasteiger partial charge < -0.3 is 29.2 Å². The normalized spacial score (nSPS) is 31.8. The molecule has 3 aliphatic rings. The van der Waals surface area contributed by atoms with Gasteiger partial charge in [0.2, 0.25) is 0 Å². The van der Waals surface area contributed by atoms with Crippen molar-refractivity contribution in [3.05, 3.63) is 47.0 Å². The molecule has 0 spiro atoms. The van der Waals surface area contributed by atoms with Crippen LogP contribution in [0.1, 0.15) is 33.6 Å². The van der Waals surface area contributed by atoms with Crippen molar-refractivity contribution in [2.24, 2.45) is 0 Å². The molecule has 0 amide bonds. The molecule has 0 aromatic heterocycles. The van der Waals surface area contributed by atoms with Crippen molar-refractivity contribution < 1.29 is 43.5 Å². The molecule has 0 saturated carbocycles. The largest absolute Gasteiger partial charge is 0.485 e. The van der Waals surface area contributed by atoms with Crippen LogP contribution in [0.5, 0.6) is 0 Å². The van der Waals surface area contributed by atoms with Crippen molar-refractivity contribution in [1.82, 2.24) is 0 Å². The second-order valence-corrected chi connectivity index (χ2v) is 7.89. The van der Waals surface area contributed by atoms with Gasteiger partial charge in [0, 0.05) is 31.4 Å². The monoisotopic (exact) mass is 420 g/mol. The van der Waals surface area contributed by atoms with Gasteiger partial charge in [-0.25, -0.2) is 9.59 Å². The minimum Gasteiger partial charge on any atom is -0.485 e. The summed E-state index contributed by atoms with van der Waals surface area (Å²) in [5.74, 6) is -1.86. The highest BCUT2D eigenvalue weighted by Gasteiger charge is 2.47. The highest BCUT2D eigenvalue weighted by Crippen LogP contribution is 2.44. The highest BCUT2D eigenvalue weighted by atomic mass is 16.6. The van der Waals surface area contributed by atoms with E-state index in [4.69, 9.17) is 18.9 Å². The van der Waals surface area contributed by atoms with E-state index in [2.05, 4.69) is 6.58 Å². The van der Waals surface area contributed by atoms with Crippen LogP contribution in [0.25, 0.3) is 0 Å². The van der Waals surface area contributed by atoms with Crippen molar-refractivity contribution in [2.75, 3.05) is 13.2 Å². The molecule has 2 N–H and O–H groups in total. The lowest BCUT2D eigenvalue weighted by molar-refractivity contribution is -0.146. The van der Waals surface area contributed by atoms with Crippen molar-refractivity contribution in [2.45, 2.75) is 50.9 Å². The SMILES string of the molecule is C=C(CO)C(=O)O[C@H]1C[C@@](C)(O)C2=CC[C@](C)(/C=C3/OC(=O)C(COC(C)=O)=C31)O2.